The molecule has 3 heterocycles. The van der Waals surface area contributed by atoms with Gasteiger partial charge in [0, 0.05) is 38.1 Å². The Morgan fingerprint density at radius 3 is 2.77 bits per heavy atom. The van der Waals surface area contributed by atoms with E-state index in [2.05, 4.69) is 15.3 Å². The number of ether oxygens (including phenoxy) is 2. The molecule has 0 bridgehead atoms. The number of carbonyl (C=O) groups is 1. The molecule has 7 heteroatoms. The van der Waals surface area contributed by atoms with E-state index in [1.807, 2.05) is 4.90 Å². The fraction of sp³-hybridized carbons (Fsp3) is 0.667. The molecule has 1 atom stereocenters. The maximum absolute atomic E-state index is 12.3. The summed E-state index contributed by atoms with van der Waals surface area (Å²) in [6.07, 6.45) is 6.64. The number of amides is 1. The van der Waals surface area contributed by atoms with Gasteiger partial charge in [-0.15, -0.1) is 0 Å². The molecule has 2 aliphatic rings. The molecule has 2 fully saturated rings. The molecule has 0 spiro atoms. The smallest absolute Gasteiger partial charge is 0.257 e. The molecule has 7 nitrogen and oxygen atoms in total. The Balaban J connectivity index is 1.52. The number of methoxy groups -OCH3 is 1. The lowest BCUT2D eigenvalue weighted by Crippen LogP contribution is -2.46. The van der Waals surface area contributed by atoms with Crippen LogP contribution in [0.5, 0.6) is 5.88 Å². The number of aromatic nitrogens is 2. The number of hydrogen-bond acceptors (Lipinski definition) is 6. The van der Waals surface area contributed by atoms with Crippen LogP contribution in [0.2, 0.25) is 0 Å². The molecule has 1 amide bonds. The van der Waals surface area contributed by atoms with E-state index >= 15 is 0 Å². The molecule has 2 saturated heterocycles. The maximum atomic E-state index is 12.3. The molecular weight excluding hydrogens is 284 g/mol. The minimum absolute atomic E-state index is 0.146. The first-order chi connectivity index (χ1) is 10.8. The molecule has 0 aromatic carbocycles. The van der Waals surface area contributed by atoms with Crippen molar-refractivity contribution in [3.05, 3.63) is 12.4 Å². The highest BCUT2D eigenvalue weighted by Gasteiger charge is 2.31. The Morgan fingerprint density at radius 2 is 2.09 bits per heavy atom. The van der Waals surface area contributed by atoms with Crippen LogP contribution in [0.1, 0.15) is 25.7 Å². The van der Waals surface area contributed by atoms with Gasteiger partial charge in [-0.3, -0.25) is 4.79 Å². The average molecular weight is 306 g/mol. The molecule has 120 valence electrons. The van der Waals surface area contributed by atoms with Crippen LogP contribution in [0.4, 0.5) is 5.82 Å². The normalized spacial score (nSPS) is 22.6. The summed E-state index contributed by atoms with van der Waals surface area (Å²) >= 11 is 0. The lowest BCUT2D eigenvalue weighted by molar-refractivity contribution is -0.141. The average Bonchev–Trinajstić information content (AvgIpc) is 3.10. The van der Waals surface area contributed by atoms with Crippen molar-refractivity contribution in [3.8, 4) is 5.88 Å². The molecule has 1 N–H and O–H groups in total. The second-order valence-corrected chi connectivity index (χ2v) is 5.66. The second-order valence-electron chi connectivity index (χ2n) is 5.66. The molecule has 3 rings (SSSR count). The monoisotopic (exact) mass is 306 g/mol. The van der Waals surface area contributed by atoms with Crippen molar-refractivity contribution >= 4 is 11.7 Å². The van der Waals surface area contributed by atoms with E-state index in [1.165, 1.54) is 0 Å². The largest absolute Gasteiger partial charge is 0.478 e. The highest BCUT2D eigenvalue weighted by molar-refractivity contribution is 5.81. The van der Waals surface area contributed by atoms with E-state index in [9.17, 15) is 4.79 Å². The molecular formula is C15H22N4O3. The van der Waals surface area contributed by atoms with Gasteiger partial charge >= 0.3 is 0 Å². The summed E-state index contributed by atoms with van der Waals surface area (Å²) in [5.74, 6) is 1.31. The fourth-order valence-corrected chi connectivity index (χ4v) is 2.99. The van der Waals surface area contributed by atoms with Crippen LogP contribution in [0.15, 0.2) is 12.4 Å². The minimum Gasteiger partial charge on any atom is -0.478 e. The third-order valence-electron chi connectivity index (χ3n) is 4.21. The lowest BCUT2D eigenvalue weighted by atomic mass is 10.0. The van der Waals surface area contributed by atoms with Crippen LogP contribution in [-0.4, -0.2) is 59.7 Å². The van der Waals surface area contributed by atoms with Gasteiger partial charge in [-0.1, -0.05) is 0 Å². The van der Waals surface area contributed by atoms with Gasteiger partial charge in [0.15, 0.2) is 5.82 Å². The zero-order valence-corrected chi connectivity index (χ0v) is 12.8. The number of likely N-dealkylation sites (tertiary alicyclic amines) is 1. The predicted octanol–water partition coefficient (Wildman–Crippen LogP) is 1.07. The van der Waals surface area contributed by atoms with Crippen LogP contribution in [0.25, 0.3) is 0 Å². The van der Waals surface area contributed by atoms with Crippen LogP contribution < -0.4 is 10.1 Å². The molecule has 0 radical (unpaired) electrons. The zero-order valence-electron chi connectivity index (χ0n) is 12.8. The van der Waals surface area contributed by atoms with E-state index in [1.54, 1.807) is 19.5 Å². The van der Waals surface area contributed by atoms with Crippen molar-refractivity contribution < 1.29 is 14.3 Å². The SMILES string of the molecule is COc1nccnc1NC1CCN(C(=O)[C@@H]2CCCO2)CC1. The van der Waals surface area contributed by atoms with Gasteiger partial charge in [-0.2, -0.15) is 0 Å². The van der Waals surface area contributed by atoms with Gasteiger partial charge in [-0.25, -0.2) is 9.97 Å². The van der Waals surface area contributed by atoms with Crippen molar-refractivity contribution in [1.82, 2.24) is 14.9 Å². The van der Waals surface area contributed by atoms with Crippen molar-refractivity contribution in [3.63, 3.8) is 0 Å². The Labute approximate surface area is 130 Å². The summed E-state index contributed by atoms with van der Waals surface area (Å²) in [6, 6.07) is 0.277. The Hall–Kier alpha value is -1.89. The third kappa shape index (κ3) is 3.30. The number of carbonyl (C=O) groups excluding carboxylic acids is 1. The van der Waals surface area contributed by atoms with Crippen molar-refractivity contribution in [2.24, 2.45) is 0 Å². The fourth-order valence-electron chi connectivity index (χ4n) is 2.99. The van der Waals surface area contributed by atoms with Gasteiger partial charge in [0.1, 0.15) is 6.10 Å². The van der Waals surface area contributed by atoms with Crippen molar-refractivity contribution in [2.75, 3.05) is 32.1 Å². The van der Waals surface area contributed by atoms with E-state index in [4.69, 9.17) is 9.47 Å². The van der Waals surface area contributed by atoms with Crippen LogP contribution in [0, 0.1) is 0 Å². The van der Waals surface area contributed by atoms with Gasteiger partial charge < -0.3 is 19.7 Å². The molecule has 2 aliphatic heterocycles. The highest BCUT2D eigenvalue weighted by atomic mass is 16.5. The molecule has 0 aliphatic carbocycles. The van der Waals surface area contributed by atoms with E-state index in [0.29, 0.717) is 18.3 Å². The van der Waals surface area contributed by atoms with Crippen LogP contribution in [-0.2, 0) is 9.53 Å². The Kier molecular flexibility index (Phi) is 4.72. The number of hydrogen-bond donors (Lipinski definition) is 1. The van der Waals surface area contributed by atoms with Crippen molar-refractivity contribution in [1.29, 1.82) is 0 Å². The van der Waals surface area contributed by atoms with E-state index < -0.39 is 0 Å². The number of piperidine rings is 1. The number of nitrogens with zero attached hydrogens (tertiary/aromatic N) is 3. The van der Waals surface area contributed by atoms with E-state index in [-0.39, 0.29) is 18.1 Å². The predicted molar refractivity (Wildman–Crippen MR) is 80.8 cm³/mol. The number of anilines is 1. The summed E-state index contributed by atoms with van der Waals surface area (Å²) in [7, 11) is 1.58. The second kappa shape index (κ2) is 6.91. The van der Waals surface area contributed by atoms with Crippen LogP contribution in [0.3, 0.4) is 0 Å². The third-order valence-corrected chi connectivity index (χ3v) is 4.21. The number of rotatable bonds is 4. The standard InChI is InChI=1S/C15H22N4O3/c1-21-14-13(16-6-7-17-14)18-11-4-8-19(9-5-11)15(20)12-3-2-10-22-12/h6-7,11-12H,2-5,8-10H2,1H3,(H,16,18)/t12-/m0/s1. The number of nitrogens with one attached hydrogen (secondary N) is 1. The van der Waals surface area contributed by atoms with Gasteiger partial charge in [-0.05, 0) is 25.7 Å². The molecule has 22 heavy (non-hydrogen) atoms. The first-order valence-corrected chi connectivity index (χ1v) is 7.80. The first kappa shape index (κ1) is 15.0. The van der Waals surface area contributed by atoms with Gasteiger partial charge in [0.2, 0.25) is 0 Å². The topological polar surface area (TPSA) is 76.6 Å². The zero-order chi connectivity index (χ0) is 15.4. The summed E-state index contributed by atoms with van der Waals surface area (Å²) in [6.45, 7) is 2.21. The molecule has 0 saturated carbocycles. The molecule has 0 unspecified atom stereocenters. The molecule has 1 aromatic heterocycles. The van der Waals surface area contributed by atoms with Gasteiger partial charge in [0.05, 0.1) is 7.11 Å². The summed E-state index contributed by atoms with van der Waals surface area (Å²) in [4.78, 5) is 22.6. The summed E-state index contributed by atoms with van der Waals surface area (Å²) < 4.78 is 10.7. The van der Waals surface area contributed by atoms with Gasteiger partial charge in [0.25, 0.3) is 11.8 Å². The minimum atomic E-state index is -0.218. The highest BCUT2D eigenvalue weighted by Crippen LogP contribution is 2.23. The van der Waals surface area contributed by atoms with Crippen LogP contribution >= 0.6 is 0 Å². The summed E-state index contributed by atoms with van der Waals surface area (Å²) in [5.41, 5.74) is 0. The lowest BCUT2D eigenvalue weighted by Gasteiger charge is -2.33. The molecule has 1 aromatic rings. The summed E-state index contributed by atoms with van der Waals surface area (Å²) in [5, 5.41) is 3.36. The van der Waals surface area contributed by atoms with Crippen molar-refractivity contribution in [2.45, 2.75) is 37.8 Å². The Morgan fingerprint density at radius 1 is 1.32 bits per heavy atom. The maximum Gasteiger partial charge on any atom is 0.257 e. The quantitative estimate of drug-likeness (QED) is 0.896. The van der Waals surface area contributed by atoms with E-state index in [0.717, 1.165) is 38.8 Å². The Bertz CT molecular complexity index is 511. The first-order valence-electron chi connectivity index (χ1n) is 7.80.